The molecule has 0 aliphatic heterocycles. The standard InChI is InChI=1S/C16H17N3O/c1-3-15(12-6-8-14(20-2)9-7-12)19-16-13(11-17)5-4-10-18-16/h4-10,15H,3H2,1-2H3,(H,18,19). The molecule has 1 unspecified atom stereocenters. The number of anilines is 1. The second-order valence-electron chi connectivity index (χ2n) is 4.39. The van der Waals surface area contributed by atoms with Gasteiger partial charge in [-0.15, -0.1) is 0 Å². The van der Waals surface area contributed by atoms with Crippen molar-refractivity contribution in [3.8, 4) is 11.8 Å². The number of methoxy groups -OCH3 is 1. The van der Waals surface area contributed by atoms with E-state index in [1.54, 1.807) is 25.4 Å². The largest absolute Gasteiger partial charge is 0.497 e. The maximum Gasteiger partial charge on any atom is 0.144 e. The zero-order valence-electron chi connectivity index (χ0n) is 11.6. The van der Waals surface area contributed by atoms with Crippen LogP contribution in [0.1, 0.15) is 30.5 Å². The molecule has 0 saturated heterocycles. The van der Waals surface area contributed by atoms with Crippen LogP contribution in [0.3, 0.4) is 0 Å². The van der Waals surface area contributed by atoms with Crippen molar-refractivity contribution in [1.82, 2.24) is 4.98 Å². The predicted octanol–water partition coefficient (Wildman–Crippen LogP) is 3.53. The summed E-state index contributed by atoms with van der Waals surface area (Å²) in [6, 6.07) is 13.7. The highest BCUT2D eigenvalue weighted by Crippen LogP contribution is 2.24. The molecular formula is C16H17N3O. The van der Waals surface area contributed by atoms with E-state index in [9.17, 15) is 0 Å². The molecule has 2 rings (SSSR count). The fourth-order valence-electron chi connectivity index (χ4n) is 2.03. The van der Waals surface area contributed by atoms with Gasteiger partial charge in [0.25, 0.3) is 0 Å². The molecule has 2 aromatic rings. The van der Waals surface area contributed by atoms with Crippen LogP contribution in [0.2, 0.25) is 0 Å². The van der Waals surface area contributed by atoms with E-state index in [2.05, 4.69) is 23.3 Å². The second-order valence-corrected chi connectivity index (χ2v) is 4.39. The van der Waals surface area contributed by atoms with Gasteiger partial charge in [-0.3, -0.25) is 0 Å². The van der Waals surface area contributed by atoms with E-state index in [4.69, 9.17) is 10.00 Å². The number of hydrogen-bond acceptors (Lipinski definition) is 4. The molecule has 0 radical (unpaired) electrons. The van der Waals surface area contributed by atoms with Crippen molar-refractivity contribution in [2.45, 2.75) is 19.4 Å². The minimum Gasteiger partial charge on any atom is -0.497 e. The van der Waals surface area contributed by atoms with Crippen molar-refractivity contribution in [1.29, 1.82) is 5.26 Å². The number of benzene rings is 1. The van der Waals surface area contributed by atoms with Gasteiger partial charge in [0.1, 0.15) is 17.6 Å². The van der Waals surface area contributed by atoms with Gasteiger partial charge >= 0.3 is 0 Å². The maximum absolute atomic E-state index is 9.10. The van der Waals surface area contributed by atoms with Gasteiger partial charge in [0.15, 0.2) is 0 Å². The fraction of sp³-hybridized carbons (Fsp3) is 0.250. The van der Waals surface area contributed by atoms with Gasteiger partial charge in [-0.2, -0.15) is 5.26 Å². The van der Waals surface area contributed by atoms with Crippen LogP contribution in [-0.2, 0) is 0 Å². The minimum atomic E-state index is 0.114. The Bertz CT molecular complexity index is 602. The first-order valence-corrected chi connectivity index (χ1v) is 6.54. The van der Waals surface area contributed by atoms with Gasteiger partial charge in [-0.1, -0.05) is 19.1 Å². The lowest BCUT2D eigenvalue weighted by Crippen LogP contribution is -2.11. The Morgan fingerprint density at radius 2 is 2.05 bits per heavy atom. The van der Waals surface area contributed by atoms with E-state index in [1.807, 2.05) is 24.3 Å². The van der Waals surface area contributed by atoms with Gasteiger partial charge in [0, 0.05) is 6.20 Å². The minimum absolute atomic E-state index is 0.114. The Balaban J connectivity index is 2.22. The Morgan fingerprint density at radius 1 is 1.30 bits per heavy atom. The molecule has 1 heterocycles. The van der Waals surface area contributed by atoms with Crippen LogP contribution in [-0.4, -0.2) is 12.1 Å². The maximum atomic E-state index is 9.10. The Kier molecular flexibility index (Phi) is 4.56. The molecule has 0 spiro atoms. The summed E-state index contributed by atoms with van der Waals surface area (Å²) in [7, 11) is 1.65. The second kappa shape index (κ2) is 6.58. The lowest BCUT2D eigenvalue weighted by atomic mass is 10.0. The summed E-state index contributed by atoms with van der Waals surface area (Å²) < 4.78 is 5.16. The molecule has 0 aliphatic carbocycles. The first-order valence-electron chi connectivity index (χ1n) is 6.54. The predicted molar refractivity (Wildman–Crippen MR) is 78.6 cm³/mol. The number of ether oxygens (including phenoxy) is 1. The number of hydrogen-bond donors (Lipinski definition) is 1. The van der Waals surface area contributed by atoms with Crippen LogP contribution < -0.4 is 10.1 Å². The van der Waals surface area contributed by atoms with E-state index in [0.717, 1.165) is 17.7 Å². The molecule has 0 aliphatic rings. The van der Waals surface area contributed by atoms with Gasteiger partial charge in [-0.25, -0.2) is 4.98 Å². The zero-order valence-corrected chi connectivity index (χ0v) is 11.6. The molecule has 0 fully saturated rings. The van der Waals surface area contributed by atoms with Crippen molar-refractivity contribution in [2.75, 3.05) is 12.4 Å². The molecule has 1 aromatic carbocycles. The number of nitriles is 1. The fourth-order valence-corrected chi connectivity index (χ4v) is 2.03. The Morgan fingerprint density at radius 3 is 2.65 bits per heavy atom. The Hall–Kier alpha value is -2.54. The first-order chi connectivity index (χ1) is 9.78. The van der Waals surface area contributed by atoms with Crippen LogP contribution in [0.25, 0.3) is 0 Å². The normalized spacial score (nSPS) is 11.4. The van der Waals surface area contributed by atoms with Crippen LogP contribution >= 0.6 is 0 Å². The van der Waals surface area contributed by atoms with E-state index in [0.29, 0.717) is 11.4 Å². The smallest absolute Gasteiger partial charge is 0.144 e. The molecule has 0 saturated carbocycles. The molecule has 0 amide bonds. The van der Waals surface area contributed by atoms with Crippen LogP contribution in [0.4, 0.5) is 5.82 Å². The summed E-state index contributed by atoms with van der Waals surface area (Å²) in [6.45, 7) is 2.09. The third kappa shape index (κ3) is 3.07. The van der Waals surface area contributed by atoms with Crippen molar-refractivity contribution < 1.29 is 4.74 Å². The zero-order chi connectivity index (χ0) is 14.4. The van der Waals surface area contributed by atoms with Crippen LogP contribution in [0, 0.1) is 11.3 Å². The molecule has 1 N–H and O–H groups in total. The van der Waals surface area contributed by atoms with Gasteiger partial charge in [0.2, 0.25) is 0 Å². The highest BCUT2D eigenvalue weighted by Gasteiger charge is 2.12. The van der Waals surface area contributed by atoms with E-state index < -0.39 is 0 Å². The quantitative estimate of drug-likeness (QED) is 0.900. The number of nitrogens with one attached hydrogen (secondary N) is 1. The third-order valence-corrected chi connectivity index (χ3v) is 3.17. The van der Waals surface area contributed by atoms with Crippen LogP contribution in [0.5, 0.6) is 5.75 Å². The summed E-state index contributed by atoms with van der Waals surface area (Å²) in [4.78, 5) is 4.24. The van der Waals surface area contributed by atoms with Gasteiger partial charge < -0.3 is 10.1 Å². The summed E-state index contributed by atoms with van der Waals surface area (Å²) in [6.07, 6.45) is 2.58. The van der Waals surface area contributed by atoms with Crippen molar-refractivity contribution >= 4 is 5.82 Å². The Labute approximate surface area is 119 Å². The molecular weight excluding hydrogens is 250 g/mol. The molecule has 102 valence electrons. The molecule has 0 bridgehead atoms. The third-order valence-electron chi connectivity index (χ3n) is 3.17. The van der Waals surface area contributed by atoms with E-state index in [-0.39, 0.29) is 6.04 Å². The monoisotopic (exact) mass is 267 g/mol. The number of pyridine rings is 1. The van der Waals surface area contributed by atoms with Crippen molar-refractivity contribution in [2.24, 2.45) is 0 Å². The SMILES string of the molecule is CCC(Nc1ncccc1C#N)c1ccc(OC)cc1. The van der Waals surface area contributed by atoms with Gasteiger partial charge in [0.05, 0.1) is 18.7 Å². The molecule has 1 aromatic heterocycles. The van der Waals surface area contributed by atoms with E-state index in [1.165, 1.54) is 0 Å². The highest BCUT2D eigenvalue weighted by atomic mass is 16.5. The molecule has 20 heavy (non-hydrogen) atoms. The number of nitrogens with zero attached hydrogens (tertiary/aromatic N) is 2. The number of aromatic nitrogens is 1. The van der Waals surface area contributed by atoms with Gasteiger partial charge in [-0.05, 0) is 36.2 Å². The lowest BCUT2D eigenvalue weighted by molar-refractivity contribution is 0.414. The van der Waals surface area contributed by atoms with Crippen LogP contribution in [0.15, 0.2) is 42.6 Å². The number of rotatable bonds is 5. The topological polar surface area (TPSA) is 57.9 Å². The molecule has 4 nitrogen and oxygen atoms in total. The summed E-state index contributed by atoms with van der Waals surface area (Å²) in [5.41, 5.74) is 1.70. The average Bonchev–Trinajstić information content (AvgIpc) is 2.53. The highest BCUT2D eigenvalue weighted by molar-refractivity contribution is 5.52. The summed E-state index contributed by atoms with van der Waals surface area (Å²) >= 11 is 0. The van der Waals surface area contributed by atoms with Crippen molar-refractivity contribution in [3.63, 3.8) is 0 Å². The van der Waals surface area contributed by atoms with E-state index >= 15 is 0 Å². The lowest BCUT2D eigenvalue weighted by Gasteiger charge is -2.19. The summed E-state index contributed by atoms with van der Waals surface area (Å²) in [5, 5.41) is 12.4. The first kappa shape index (κ1) is 13.9. The van der Waals surface area contributed by atoms with Crippen molar-refractivity contribution in [3.05, 3.63) is 53.7 Å². The average molecular weight is 267 g/mol. The summed E-state index contributed by atoms with van der Waals surface area (Å²) in [5.74, 6) is 1.46. The molecule has 4 heteroatoms. The molecule has 1 atom stereocenters.